The van der Waals surface area contributed by atoms with E-state index >= 15 is 0 Å². The van der Waals surface area contributed by atoms with E-state index in [0.717, 1.165) is 0 Å². The predicted molar refractivity (Wildman–Crippen MR) is 87.6 cm³/mol. The highest BCUT2D eigenvalue weighted by atomic mass is 79.9. The highest BCUT2D eigenvalue weighted by Gasteiger charge is 2.51. The van der Waals surface area contributed by atoms with Crippen molar-refractivity contribution in [1.82, 2.24) is 25.4 Å². The van der Waals surface area contributed by atoms with Crippen LogP contribution in [0.15, 0.2) is 29.0 Å². The summed E-state index contributed by atoms with van der Waals surface area (Å²) in [4.78, 5) is 28.6. The lowest BCUT2D eigenvalue weighted by Crippen LogP contribution is -2.48. The summed E-state index contributed by atoms with van der Waals surface area (Å²) in [6.45, 7) is 0. The zero-order valence-corrected chi connectivity index (χ0v) is 14.5. The van der Waals surface area contributed by atoms with Gasteiger partial charge in [-0.15, -0.1) is 0 Å². The number of halogens is 2. The van der Waals surface area contributed by atoms with Gasteiger partial charge in [0.2, 0.25) is 5.91 Å². The Morgan fingerprint density at radius 3 is 2.78 bits per heavy atom. The van der Waals surface area contributed by atoms with E-state index in [4.69, 9.17) is 11.6 Å². The van der Waals surface area contributed by atoms with Crippen LogP contribution in [0.25, 0.3) is 5.82 Å². The van der Waals surface area contributed by atoms with E-state index in [-0.39, 0.29) is 11.6 Å². The molecule has 1 aliphatic carbocycles. The molecule has 2 aromatic heterocycles. The summed E-state index contributed by atoms with van der Waals surface area (Å²) < 4.78 is 1.82. The van der Waals surface area contributed by atoms with Crippen molar-refractivity contribution in [3.63, 3.8) is 0 Å². The van der Waals surface area contributed by atoms with Gasteiger partial charge in [0, 0.05) is 19.3 Å². The molecule has 7 nitrogen and oxygen atoms in total. The molecule has 2 aromatic rings. The van der Waals surface area contributed by atoms with Crippen molar-refractivity contribution >= 4 is 39.3 Å². The topological polar surface area (TPSA) is 88.9 Å². The Bertz CT molecular complexity index is 787. The number of hydrogen-bond acceptors (Lipinski definition) is 4. The van der Waals surface area contributed by atoms with Crippen LogP contribution in [-0.2, 0) is 4.79 Å². The summed E-state index contributed by atoms with van der Waals surface area (Å²) >= 11 is 9.38. The third-order valence-corrected chi connectivity index (χ3v) is 4.30. The quantitative estimate of drug-likeness (QED) is 0.820. The Kier molecular flexibility index (Phi) is 4.11. The first-order valence-corrected chi connectivity index (χ1v) is 8.05. The minimum absolute atomic E-state index is 0.202. The first-order chi connectivity index (χ1) is 11.0. The van der Waals surface area contributed by atoms with Crippen molar-refractivity contribution in [3.05, 3.63) is 39.7 Å². The molecule has 0 aliphatic heterocycles. The Morgan fingerprint density at radius 1 is 1.43 bits per heavy atom. The smallest absolute Gasteiger partial charge is 0.270 e. The number of amides is 2. The lowest BCUT2D eigenvalue weighted by atomic mass is 10.2. The Hall–Kier alpha value is -1.93. The van der Waals surface area contributed by atoms with Crippen LogP contribution in [0.5, 0.6) is 0 Å². The molecular weight excluding hydrogens is 386 g/mol. The Labute approximate surface area is 145 Å². The number of rotatable bonds is 4. The molecule has 0 aromatic carbocycles. The van der Waals surface area contributed by atoms with E-state index in [2.05, 4.69) is 36.6 Å². The third kappa shape index (κ3) is 2.96. The van der Waals surface area contributed by atoms with Gasteiger partial charge in [-0.25, -0.2) is 9.67 Å². The first-order valence-electron chi connectivity index (χ1n) is 6.88. The fourth-order valence-corrected chi connectivity index (χ4v) is 2.84. The van der Waals surface area contributed by atoms with E-state index in [1.807, 2.05) is 0 Å². The van der Waals surface area contributed by atoms with Crippen LogP contribution in [0, 0.1) is 0 Å². The highest BCUT2D eigenvalue weighted by molar-refractivity contribution is 9.10. The van der Waals surface area contributed by atoms with Gasteiger partial charge in [0.05, 0.1) is 5.02 Å². The maximum absolute atomic E-state index is 12.6. The average Bonchev–Trinajstić information content (AvgIpc) is 3.21. The average molecular weight is 399 g/mol. The van der Waals surface area contributed by atoms with Gasteiger partial charge in [0.1, 0.15) is 15.8 Å². The lowest BCUT2D eigenvalue weighted by molar-refractivity contribution is -0.123. The predicted octanol–water partition coefficient (Wildman–Crippen LogP) is 1.69. The summed E-state index contributed by atoms with van der Waals surface area (Å²) in [5.74, 6) is -0.271. The van der Waals surface area contributed by atoms with Gasteiger partial charge in [-0.3, -0.25) is 9.59 Å². The number of hydrogen-bond donors (Lipinski definition) is 2. The number of nitrogens with zero attached hydrogens (tertiary/aromatic N) is 3. The van der Waals surface area contributed by atoms with Gasteiger partial charge in [0.15, 0.2) is 5.82 Å². The molecular formula is C14H13BrClN5O2. The van der Waals surface area contributed by atoms with E-state index in [1.54, 1.807) is 31.4 Å². The van der Waals surface area contributed by atoms with Gasteiger partial charge in [-0.2, -0.15) is 5.10 Å². The van der Waals surface area contributed by atoms with Crippen molar-refractivity contribution < 1.29 is 9.59 Å². The zero-order valence-electron chi connectivity index (χ0n) is 12.1. The molecule has 120 valence electrons. The molecule has 23 heavy (non-hydrogen) atoms. The van der Waals surface area contributed by atoms with Crippen LogP contribution in [0.3, 0.4) is 0 Å². The number of aromatic nitrogens is 3. The summed E-state index contributed by atoms with van der Waals surface area (Å²) in [6, 6.07) is 4.91. The summed E-state index contributed by atoms with van der Waals surface area (Å²) in [6.07, 6.45) is 2.78. The number of carbonyl (C=O) groups excluding carboxylic acids is 2. The number of nitrogens with one attached hydrogen (secondary N) is 2. The molecule has 1 saturated carbocycles. The molecule has 0 radical (unpaired) electrons. The molecule has 2 heterocycles. The monoisotopic (exact) mass is 397 g/mol. The van der Waals surface area contributed by atoms with E-state index in [9.17, 15) is 9.59 Å². The van der Waals surface area contributed by atoms with Crippen LogP contribution >= 0.6 is 27.5 Å². The maximum Gasteiger partial charge on any atom is 0.270 e. The summed E-state index contributed by atoms with van der Waals surface area (Å²) in [5, 5.41) is 9.91. The molecule has 1 aliphatic rings. The van der Waals surface area contributed by atoms with Gasteiger partial charge in [0.25, 0.3) is 5.91 Å². The summed E-state index contributed by atoms with van der Waals surface area (Å²) in [7, 11) is 1.54. The molecule has 9 heteroatoms. The van der Waals surface area contributed by atoms with Crippen LogP contribution in [-0.4, -0.2) is 39.2 Å². The minimum Gasteiger partial charge on any atom is -0.357 e. The molecule has 3 rings (SSSR count). The largest absolute Gasteiger partial charge is 0.357 e. The maximum atomic E-state index is 12.6. The fourth-order valence-electron chi connectivity index (χ4n) is 2.26. The number of likely N-dealkylation sites (N-methyl/N-ethyl adjacent to an activating group) is 1. The van der Waals surface area contributed by atoms with Crippen LogP contribution in [0.1, 0.15) is 23.3 Å². The minimum atomic E-state index is -0.832. The molecule has 0 spiro atoms. The van der Waals surface area contributed by atoms with Crippen LogP contribution in [0.4, 0.5) is 0 Å². The second-order valence-corrected chi connectivity index (χ2v) is 6.41. The SMILES string of the molecule is CNC(=O)C1(NC(=O)c2cc(Br)nn2-c2ncccc2Cl)CC1. The van der Waals surface area contributed by atoms with Crippen molar-refractivity contribution in [3.8, 4) is 5.82 Å². The first kappa shape index (κ1) is 15.9. The fraction of sp³-hybridized carbons (Fsp3) is 0.286. The van der Waals surface area contributed by atoms with Crippen molar-refractivity contribution in [2.45, 2.75) is 18.4 Å². The zero-order chi connectivity index (χ0) is 16.6. The molecule has 0 saturated heterocycles. The van der Waals surface area contributed by atoms with E-state index < -0.39 is 11.4 Å². The summed E-state index contributed by atoms with van der Waals surface area (Å²) in [5.41, 5.74) is -0.589. The second kappa shape index (κ2) is 5.93. The molecule has 2 N–H and O–H groups in total. The molecule has 2 amide bonds. The van der Waals surface area contributed by atoms with E-state index in [0.29, 0.717) is 28.3 Å². The van der Waals surface area contributed by atoms with Crippen LogP contribution < -0.4 is 10.6 Å². The number of pyridine rings is 1. The standard InChI is InChI=1S/C14H13BrClN5O2/c1-17-13(23)14(4-5-14)19-12(22)9-7-10(15)20-21(9)11-8(16)3-2-6-18-11/h2-3,6-7H,4-5H2,1H3,(H,17,23)(H,19,22). The normalized spacial score (nSPS) is 15.1. The molecule has 0 atom stereocenters. The van der Waals surface area contributed by atoms with Crippen LogP contribution in [0.2, 0.25) is 5.02 Å². The van der Waals surface area contributed by atoms with Crippen molar-refractivity contribution in [1.29, 1.82) is 0 Å². The van der Waals surface area contributed by atoms with Gasteiger partial charge in [-0.05, 0) is 40.9 Å². The Morgan fingerprint density at radius 2 is 2.17 bits per heavy atom. The van der Waals surface area contributed by atoms with Crippen molar-refractivity contribution in [2.75, 3.05) is 7.05 Å². The van der Waals surface area contributed by atoms with Gasteiger partial charge >= 0.3 is 0 Å². The third-order valence-electron chi connectivity index (χ3n) is 3.62. The highest BCUT2D eigenvalue weighted by Crippen LogP contribution is 2.36. The van der Waals surface area contributed by atoms with E-state index in [1.165, 1.54) is 4.68 Å². The lowest BCUT2D eigenvalue weighted by Gasteiger charge is -2.16. The molecule has 0 bridgehead atoms. The Balaban J connectivity index is 1.94. The van der Waals surface area contributed by atoms with Gasteiger partial charge < -0.3 is 10.6 Å². The number of carbonyl (C=O) groups is 2. The van der Waals surface area contributed by atoms with Crippen molar-refractivity contribution in [2.24, 2.45) is 0 Å². The molecule has 1 fully saturated rings. The van der Waals surface area contributed by atoms with Gasteiger partial charge in [-0.1, -0.05) is 11.6 Å². The second-order valence-electron chi connectivity index (χ2n) is 5.19. The molecule has 0 unspecified atom stereocenters.